The van der Waals surface area contributed by atoms with Crippen LogP contribution in [0, 0.1) is 11.3 Å². The standard InChI is InChI=1S/C20H18N4O.ClH/c21-12-16-15(17(22)10-13-6-2-1-3-7-13)11-18(24-20(16)23)14-8-4-5-9-19(14)25;/h1-9,11,17,25H,10,22H2,(H2,23,24);1H/t17-;/m0./s1. The predicted octanol–water partition coefficient (Wildman–Crippen LogP) is 3.57. The number of anilines is 1. The molecule has 6 heteroatoms. The first-order valence-corrected chi connectivity index (χ1v) is 7.88. The molecule has 0 aliphatic rings. The van der Waals surface area contributed by atoms with E-state index in [4.69, 9.17) is 11.5 Å². The normalized spacial score (nSPS) is 11.2. The van der Waals surface area contributed by atoms with Gasteiger partial charge in [-0.15, -0.1) is 12.4 Å². The summed E-state index contributed by atoms with van der Waals surface area (Å²) in [6, 6.07) is 20.1. The lowest BCUT2D eigenvalue weighted by molar-refractivity contribution is 0.477. The molecule has 0 saturated heterocycles. The number of rotatable bonds is 4. The van der Waals surface area contributed by atoms with E-state index in [-0.39, 0.29) is 29.5 Å². The molecular weight excluding hydrogens is 348 g/mol. The average molecular weight is 367 g/mol. The predicted molar refractivity (Wildman–Crippen MR) is 105 cm³/mol. The minimum absolute atomic E-state index is 0. The summed E-state index contributed by atoms with van der Waals surface area (Å²) in [7, 11) is 0. The van der Waals surface area contributed by atoms with Crippen LogP contribution < -0.4 is 11.5 Å². The van der Waals surface area contributed by atoms with Gasteiger partial charge in [-0.2, -0.15) is 5.26 Å². The van der Waals surface area contributed by atoms with Gasteiger partial charge in [0.2, 0.25) is 0 Å². The molecule has 0 saturated carbocycles. The molecular formula is C20H19ClN4O. The van der Waals surface area contributed by atoms with Crippen molar-refractivity contribution in [1.29, 1.82) is 5.26 Å². The molecule has 5 nitrogen and oxygen atoms in total. The average Bonchev–Trinajstić information content (AvgIpc) is 2.62. The van der Waals surface area contributed by atoms with Crippen LogP contribution in [0.1, 0.15) is 22.7 Å². The Bertz CT molecular complexity index is 938. The summed E-state index contributed by atoms with van der Waals surface area (Å²) in [6.07, 6.45) is 0.569. The van der Waals surface area contributed by atoms with Crippen molar-refractivity contribution < 1.29 is 5.11 Å². The quantitative estimate of drug-likeness (QED) is 0.653. The lowest BCUT2D eigenvalue weighted by Gasteiger charge is -2.16. The molecule has 0 fully saturated rings. The number of halogens is 1. The Morgan fingerprint density at radius 2 is 1.73 bits per heavy atom. The number of nitrogens with zero attached hydrogens (tertiary/aromatic N) is 2. The zero-order chi connectivity index (χ0) is 17.8. The third-order valence-electron chi connectivity index (χ3n) is 4.07. The second kappa shape index (κ2) is 8.34. The van der Waals surface area contributed by atoms with Crippen molar-refractivity contribution in [2.24, 2.45) is 5.73 Å². The monoisotopic (exact) mass is 366 g/mol. The van der Waals surface area contributed by atoms with E-state index in [0.717, 1.165) is 5.56 Å². The first kappa shape index (κ1) is 19.3. The number of pyridine rings is 1. The van der Waals surface area contributed by atoms with Gasteiger partial charge in [0, 0.05) is 11.6 Å². The van der Waals surface area contributed by atoms with E-state index >= 15 is 0 Å². The van der Waals surface area contributed by atoms with Crippen molar-refractivity contribution in [3.63, 3.8) is 0 Å². The molecule has 0 aliphatic carbocycles. The zero-order valence-electron chi connectivity index (χ0n) is 14.0. The number of hydrogen-bond donors (Lipinski definition) is 3. The fourth-order valence-electron chi connectivity index (χ4n) is 2.81. The van der Waals surface area contributed by atoms with E-state index in [1.807, 2.05) is 30.3 Å². The highest BCUT2D eigenvalue weighted by molar-refractivity contribution is 5.85. The molecule has 132 valence electrons. The van der Waals surface area contributed by atoms with Gasteiger partial charge in [-0.05, 0) is 35.7 Å². The minimum Gasteiger partial charge on any atom is -0.507 e. The van der Waals surface area contributed by atoms with Crippen molar-refractivity contribution in [3.8, 4) is 23.1 Å². The van der Waals surface area contributed by atoms with Crippen LogP contribution in [-0.4, -0.2) is 10.1 Å². The number of phenolic OH excluding ortho intramolecular Hbond substituents is 1. The first-order valence-electron chi connectivity index (χ1n) is 7.88. The molecule has 0 aliphatic heterocycles. The van der Waals surface area contributed by atoms with Crippen LogP contribution in [0.5, 0.6) is 5.75 Å². The molecule has 0 radical (unpaired) electrons. The largest absolute Gasteiger partial charge is 0.507 e. The molecule has 1 atom stereocenters. The van der Waals surface area contributed by atoms with Crippen molar-refractivity contribution in [2.75, 3.05) is 5.73 Å². The van der Waals surface area contributed by atoms with Gasteiger partial charge in [0.15, 0.2) is 0 Å². The van der Waals surface area contributed by atoms with E-state index in [2.05, 4.69) is 11.1 Å². The lowest BCUT2D eigenvalue weighted by atomic mass is 9.94. The summed E-state index contributed by atoms with van der Waals surface area (Å²) in [5, 5.41) is 19.5. The Labute approximate surface area is 158 Å². The van der Waals surface area contributed by atoms with Gasteiger partial charge in [-0.1, -0.05) is 42.5 Å². The Morgan fingerprint density at radius 3 is 2.38 bits per heavy atom. The third-order valence-corrected chi connectivity index (χ3v) is 4.07. The molecule has 3 aromatic rings. The number of phenols is 1. The Balaban J connectivity index is 0.00000243. The number of aromatic nitrogens is 1. The number of nitrogen functional groups attached to an aromatic ring is 1. The summed E-state index contributed by atoms with van der Waals surface area (Å²) >= 11 is 0. The molecule has 1 aromatic heterocycles. The van der Waals surface area contributed by atoms with E-state index in [1.165, 1.54) is 0 Å². The fraction of sp³-hybridized carbons (Fsp3) is 0.100. The van der Waals surface area contributed by atoms with E-state index in [1.54, 1.807) is 30.3 Å². The van der Waals surface area contributed by atoms with E-state index in [0.29, 0.717) is 23.2 Å². The van der Waals surface area contributed by atoms with Crippen molar-refractivity contribution in [3.05, 3.63) is 77.4 Å². The maximum absolute atomic E-state index is 10.1. The van der Waals surface area contributed by atoms with Gasteiger partial charge in [-0.25, -0.2) is 4.98 Å². The van der Waals surface area contributed by atoms with Gasteiger partial charge in [0.25, 0.3) is 0 Å². The van der Waals surface area contributed by atoms with Crippen LogP contribution >= 0.6 is 12.4 Å². The van der Waals surface area contributed by atoms with Gasteiger partial charge >= 0.3 is 0 Å². The molecule has 0 unspecified atom stereocenters. The van der Waals surface area contributed by atoms with E-state index < -0.39 is 6.04 Å². The summed E-state index contributed by atoms with van der Waals surface area (Å²) in [5.74, 6) is 0.212. The molecule has 1 heterocycles. The summed E-state index contributed by atoms with van der Waals surface area (Å²) in [6.45, 7) is 0. The van der Waals surface area contributed by atoms with Crippen LogP contribution in [0.15, 0.2) is 60.7 Å². The second-order valence-electron chi connectivity index (χ2n) is 5.78. The molecule has 26 heavy (non-hydrogen) atoms. The number of aromatic hydroxyl groups is 1. The van der Waals surface area contributed by atoms with Crippen molar-refractivity contribution >= 4 is 18.2 Å². The number of nitriles is 1. The highest BCUT2D eigenvalue weighted by Crippen LogP contribution is 2.32. The van der Waals surface area contributed by atoms with Gasteiger partial charge in [-0.3, -0.25) is 0 Å². The van der Waals surface area contributed by atoms with Crippen LogP contribution in [0.3, 0.4) is 0 Å². The number of hydrogen-bond acceptors (Lipinski definition) is 5. The SMILES string of the molecule is Cl.N#Cc1c([C@@H](N)Cc2ccccc2)cc(-c2ccccc2O)nc1N. The maximum Gasteiger partial charge on any atom is 0.142 e. The molecule has 5 N–H and O–H groups in total. The Kier molecular flexibility index (Phi) is 6.18. The Morgan fingerprint density at radius 1 is 1.08 bits per heavy atom. The molecule has 0 bridgehead atoms. The topological polar surface area (TPSA) is 109 Å². The van der Waals surface area contributed by atoms with E-state index in [9.17, 15) is 10.4 Å². The van der Waals surface area contributed by atoms with Crippen molar-refractivity contribution in [2.45, 2.75) is 12.5 Å². The number of nitrogens with two attached hydrogens (primary N) is 2. The van der Waals surface area contributed by atoms with Gasteiger partial charge in [0.05, 0.1) is 11.3 Å². The molecule has 0 spiro atoms. The first-order chi connectivity index (χ1) is 12.1. The lowest BCUT2D eigenvalue weighted by Crippen LogP contribution is -2.16. The van der Waals surface area contributed by atoms with Gasteiger partial charge in [0.1, 0.15) is 17.6 Å². The van der Waals surface area contributed by atoms with Gasteiger partial charge < -0.3 is 16.6 Å². The van der Waals surface area contributed by atoms with Crippen molar-refractivity contribution in [1.82, 2.24) is 4.98 Å². The van der Waals surface area contributed by atoms with Crippen LogP contribution in [0.4, 0.5) is 5.82 Å². The second-order valence-corrected chi connectivity index (χ2v) is 5.78. The highest BCUT2D eigenvalue weighted by Gasteiger charge is 2.18. The van der Waals surface area contributed by atoms with Crippen LogP contribution in [0.2, 0.25) is 0 Å². The smallest absolute Gasteiger partial charge is 0.142 e. The third kappa shape index (κ3) is 3.94. The number of para-hydroxylation sites is 1. The summed E-state index contributed by atoms with van der Waals surface area (Å²) < 4.78 is 0. The van der Waals surface area contributed by atoms with Crippen LogP contribution in [0.25, 0.3) is 11.3 Å². The highest BCUT2D eigenvalue weighted by atomic mass is 35.5. The summed E-state index contributed by atoms with van der Waals surface area (Å²) in [4.78, 5) is 4.26. The number of benzene rings is 2. The molecule has 2 aromatic carbocycles. The molecule has 0 amide bonds. The van der Waals surface area contributed by atoms with Crippen LogP contribution in [-0.2, 0) is 6.42 Å². The Hall–Kier alpha value is -3.07. The fourth-order valence-corrected chi connectivity index (χ4v) is 2.81. The summed E-state index contributed by atoms with van der Waals surface area (Å²) in [5.41, 5.74) is 15.4. The zero-order valence-corrected chi connectivity index (χ0v) is 14.8. The minimum atomic E-state index is -0.410. The maximum atomic E-state index is 10.1. The molecule has 3 rings (SSSR count).